The fraction of sp³-hybridized carbons (Fsp3) is 0.129. The maximum atomic E-state index is 14.0. The molecule has 0 saturated carbocycles. The lowest BCUT2D eigenvalue weighted by molar-refractivity contribution is 0.0664. The van der Waals surface area contributed by atoms with E-state index in [1.165, 1.54) is 4.57 Å². The van der Waals surface area contributed by atoms with Crippen molar-refractivity contribution in [2.75, 3.05) is 7.11 Å². The minimum Gasteiger partial charge on any atom is -0.497 e. The predicted molar refractivity (Wildman–Crippen MR) is 155 cm³/mol. The highest BCUT2D eigenvalue weighted by molar-refractivity contribution is 6.33. The lowest BCUT2D eigenvalue weighted by atomic mass is 10.1. The van der Waals surface area contributed by atoms with E-state index in [-0.39, 0.29) is 18.0 Å². The van der Waals surface area contributed by atoms with Crippen molar-refractivity contribution >= 4 is 40.0 Å². The molecule has 1 unspecified atom stereocenters. The van der Waals surface area contributed by atoms with Crippen LogP contribution in [-0.4, -0.2) is 27.5 Å². The summed E-state index contributed by atoms with van der Waals surface area (Å²) in [6, 6.07) is 28.1. The summed E-state index contributed by atoms with van der Waals surface area (Å²) in [5.41, 5.74) is 2.06. The quantitative estimate of drug-likeness (QED) is 0.214. The average molecular weight is 558 g/mol. The lowest BCUT2D eigenvalue weighted by Crippen LogP contribution is -2.37. The van der Waals surface area contributed by atoms with Crippen LogP contribution in [0.5, 0.6) is 5.75 Å². The van der Waals surface area contributed by atoms with Gasteiger partial charge < -0.3 is 9.64 Å². The van der Waals surface area contributed by atoms with Gasteiger partial charge in [-0.25, -0.2) is 4.98 Å². The molecule has 5 aromatic rings. The number of nitrogens with zero attached hydrogens (tertiary/aromatic N) is 3. The smallest absolute Gasteiger partial charge is 0.266 e. The third-order valence-electron chi connectivity index (χ3n) is 6.59. The van der Waals surface area contributed by atoms with Gasteiger partial charge >= 0.3 is 0 Å². The molecule has 6 nitrogen and oxygen atoms in total. The van der Waals surface area contributed by atoms with E-state index < -0.39 is 6.04 Å². The monoisotopic (exact) mass is 557 g/mol. The number of fused-ring (bicyclic) bond motifs is 1. The maximum Gasteiger partial charge on any atom is 0.266 e. The average Bonchev–Trinajstić information content (AvgIpc) is 2.96. The summed E-state index contributed by atoms with van der Waals surface area (Å²) in [5.74, 6) is 0.761. The number of carbonyl (C=O) groups is 1. The number of hydrogen-bond acceptors (Lipinski definition) is 4. The highest BCUT2D eigenvalue weighted by Gasteiger charge is 2.29. The zero-order valence-electron chi connectivity index (χ0n) is 21.3. The van der Waals surface area contributed by atoms with E-state index in [0.29, 0.717) is 43.8 Å². The lowest BCUT2D eigenvalue weighted by Gasteiger charge is -2.31. The molecule has 8 heteroatoms. The molecule has 0 aliphatic rings. The van der Waals surface area contributed by atoms with Crippen molar-refractivity contribution in [3.63, 3.8) is 0 Å². The molecular formula is C31H25Cl2N3O3. The molecule has 0 bridgehead atoms. The van der Waals surface area contributed by atoms with E-state index in [1.54, 1.807) is 78.7 Å². The first-order chi connectivity index (χ1) is 18.9. The van der Waals surface area contributed by atoms with Gasteiger partial charge in [-0.15, -0.1) is 0 Å². The van der Waals surface area contributed by atoms with Crippen molar-refractivity contribution < 1.29 is 9.53 Å². The van der Waals surface area contributed by atoms with Crippen LogP contribution < -0.4 is 10.3 Å². The number of hydrogen-bond donors (Lipinski definition) is 0. The van der Waals surface area contributed by atoms with E-state index >= 15 is 0 Å². The van der Waals surface area contributed by atoms with E-state index in [4.69, 9.17) is 32.9 Å². The number of aromatic nitrogens is 2. The van der Waals surface area contributed by atoms with Gasteiger partial charge in [0.2, 0.25) is 0 Å². The van der Waals surface area contributed by atoms with Gasteiger partial charge in [0.1, 0.15) is 11.6 Å². The highest BCUT2D eigenvalue weighted by atomic mass is 35.5. The Morgan fingerprint density at radius 3 is 2.33 bits per heavy atom. The van der Waals surface area contributed by atoms with Crippen LogP contribution in [0.3, 0.4) is 0 Å². The van der Waals surface area contributed by atoms with Crippen LogP contribution in [0, 0.1) is 0 Å². The fourth-order valence-electron chi connectivity index (χ4n) is 4.53. The SMILES string of the molecule is COc1ccc(-n2c(C(C)N(Cc3ccccc3)C(=O)c3ccccc3Cl)nc3cc(Cl)ccc3c2=O)cc1. The Balaban J connectivity index is 1.72. The zero-order valence-corrected chi connectivity index (χ0v) is 22.9. The molecule has 196 valence electrons. The fourth-order valence-corrected chi connectivity index (χ4v) is 4.91. The molecule has 0 aliphatic carbocycles. The van der Waals surface area contributed by atoms with Gasteiger partial charge in [-0.1, -0.05) is 65.7 Å². The Labute approximate surface area is 236 Å². The predicted octanol–water partition coefficient (Wildman–Crippen LogP) is 7.10. The Kier molecular flexibility index (Phi) is 7.68. The van der Waals surface area contributed by atoms with Crippen molar-refractivity contribution in [2.45, 2.75) is 19.5 Å². The van der Waals surface area contributed by atoms with E-state index in [1.807, 2.05) is 37.3 Å². The molecule has 0 N–H and O–H groups in total. The summed E-state index contributed by atoms with van der Waals surface area (Å²) in [5, 5.41) is 1.22. The second kappa shape index (κ2) is 11.3. The first-order valence-electron chi connectivity index (χ1n) is 12.3. The summed E-state index contributed by atoms with van der Waals surface area (Å²) < 4.78 is 6.85. The van der Waals surface area contributed by atoms with Crippen LogP contribution in [0.15, 0.2) is 102 Å². The largest absolute Gasteiger partial charge is 0.497 e. The molecule has 5 rings (SSSR count). The standard InChI is InChI=1S/C31H25Cl2N3O3/c1-20(35(19-21-8-4-3-5-9-21)30(37)25-10-6-7-11-27(25)33)29-34-28-18-22(32)12-17-26(28)31(38)36(29)23-13-15-24(39-2)16-14-23/h3-18,20H,19H2,1-2H3. The molecule has 1 heterocycles. The molecule has 1 amide bonds. The van der Waals surface area contributed by atoms with Crippen LogP contribution in [0.25, 0.3) is 16.6 Å². The Hall–Kier alpha value is -4.13. The first-order valence-corrected chi connectivity index (χ1v) is 13.1. The van der Waals surface area contributed by atoms with Crippen molar-refractivity contribution in [3.05, 3.63) is 134 Å². The van der Waals surface area contributed by atoms with Gasteiger partial charge in [-0.2, -0.15) is 0 Å². The van der Waals surface area contributed by atoms with Gasteiger partial charge in [0.25, 0.3) is 11.5 Å². The maximum absolute atomic E-state index is 14.0. The van der Waals surface area contributed by atoms with Crippen LogP contribution in [0.4, 0.5) is 0 Å². The van der Waals surface area contributed by atoms with Crippen molar-refractivity contribution in [2.24, 2.45) is 0 Å². The van der Waals surface area contributed by atoms with Gasteiger partial charge in [-0.05, 0) is 67.1 Å². The molecule has 1 atom stereocenters. The molecule has 4 aromatic carbocycles. The molecule has 0 radical (unpaired) electrons. The van der Waals surface area contributed by atoms with Crippen molar-refractivity contribution in [3.8, 4) is 11.4 Å². The van der Waals surface area contributed by atoms with Crippen LogP contribution >= 0.6 is 23.2 Å². The topological polar surface area (TPSA) is 64.4 Å². The Morgan fingerprint density at radius 2 is 1.64 bits per heavy atom. The van der Waals surface area contributed by atoms with Gasteiger partial charge in [0.15, 0.2) is 0 Å². The van der Waals surface area contributed by atoms with Crippen molar-refractivity contribution in [1.82, 2.24) is 14.5 Å². The molecule has 0 spiro atoms. The van der Waals surface area contributed by atoms with E-state index in [0.717, 1.165) is 5.56 Å². The zero-order chi connectivity index (χ0) is 27.5. The number of rotatable bonds is 7. The minimum atomic E-state index is -0.632. The number of benzene rings is 4. The third-order valence-corrected chi connectivity index (χ3v) is 7.15. The number of carbonyl (C=O) groups excluding carboxylic acids is 1. The van der Waals surface area contributed by atoms with Crippen LogP contribution in [-0.2, 0) is 6.54 Å². The number of amides is 1. The summed E-state index contributed by atoms with van der Waals surface area (Å²) in [6.07, 6.45) is 0. The molecule has 0 saturated heterocycles. The summed E-state index contributed by atoms with van der Waals surface area (Å²) >= 11 is 12.7. The number of ether oxygens (including phenoxy) is 1. The molecule has 0 aliphatic heterocycles. The Morgan fingerprint density at radius 1 is 0.949 bits per heavy atom. The number of methoxy groups -OCH3 is 1. The van der Waals surface area contributed by atoms with Gasteiger partial charge in [0.05, 0.1) is 40.3 Å². The van der Waals surface area contributed by atoms with Crippen LogP contribution in [0.1, 0.15) is 34.7 Å². The van der Waals surface area contributed by atoms with E-state index in [2.05, 4.69) is 0 Å². The molecule has 0 fully saturated rings. The third kappa shape index (κ3) is 5.39. The number of halogens is 2. The molecule has 1 aromatic heterocycles. The van der Waals surface area contributed by atoms with Gasteiger partial charge in [0, 0.05) is 11.6 Å². The molecular weight excluding hydrogens is 533 g/mol. The van der Waals surface area contributed by atoms with E-state index in [9.17, 15) is 9.59 Å². The highest BCUT2D eigenvalue weighted by Crippen LogP contribution is 2.29. The van der Waals surface area contributed by atoms with Gasteiger partial charge in [-0.3, -0.25) is 14.2 Å². The molecule has 39 heavy (non-hydrogen) atoms. The normalized spacial score (nSPS) is 11.8. The summed E-state index contributed by atoms with van der Waals surface area (Å²) in [6.45, 7) is 2.13. The summed E-state index contributed by atoms with van der Waals surface area (Å²) in [7, 11) is 1.58. The Bertz CT molecular complexity index is 1700. The van der Waals surface area contributed by atoms with Crippen LogP contribution in [0.2, 0.25) is 10.0 Å². The van der Waals surface area contributed by atoms with Crippen molar-refractivity contribution in [1.29, 1.82) is 0 Å². The second-order valence-corrected chi connectivity index (χ2v) is 9.89. The first kappa shape index (κ1) is 26.5. The summed E-state index contributed by atoms with van der Waals surface area (Å²) in [4.78, 5) is 34.5. The second-order valence-electron chi connectivity index (χ2n) is 9.04. The minimum absolute atomic E-state index is 0.270.